The van der Waals surface area contributed by atoms with Crippen molar-refractivity contribution < 1.29 is 5.11 Å². The second-order valence-electron chi connectivity index (χ2n) is 6.08. The van der Waals surface area contributed by atoms with Gasteiger partial charge in [-0.2, -0.15) is 0 Å². The zero-order valence-electron chi connectivity index (χ0n) is 13.6. The van der Waals surface area contributed by atoms with Gasteiger partial charge >= 0.3 is 0 Å². The standard InChI is InChI=1S/C22H22O/c1-16(18-9-5-3-6-10-18)20-13-14-22(23)21(15-20)17(2)19-11-7-4-8-12-19/h3-17,23H,1-2H3/t16-,17+/m0/s1. The molecule has 23 heavy (non-hydrogen) atoms. The molecule has 0 fully saturated rings. The molecule has 0 saturated heterocycles. The molecule has 3 aromatic carbocycles. The van der Waals surface area contributed by atoms with Gasteiger partial charge in [0.1, 0.15) is 5.75 Å². The fourth-order valence-corrected chi connectivity index (χ4v) is 3.04. The Morgan fingerprint density at radius 1 is 0.609 bits per heavy atom. The smallest absolute Gasteiger partial charge is 0.119 e. The SMILES string of the molecule is C[C@@H](c1ccccc1)c1ccc(O)c([C@H](C)c2ccccc2)c1. The molecule has 1 heteroatoms. The van der Waals surface area contributed by atoms with Crippen LogP contribution in [0.1, 0.15) is 47.9 Å². The molecule has 0 amide bonds. The van der Waals surface area contributed by atoms with Crippen molar-refractivity contribution in [2.24, 2.45) is 0 Å². The maximum atomic E-state index is 10.3. The number of phenols is 1. The first-order valence-corrected chi connectivity index (χ1v) is 8.09. The lowest BCUT2D eigenvalue weighted by molar-refractivity contribution is 0.465. The van der Waals surface area contributed by atoms with Gasteiger partial charge in [-0.15, -0.1) is 0 Å². The van der Waals surface area contributed by atoms with Crippen molar-refractivity contribution in [2.45, 2.75) is 25.7 Å². The van der Waals surface area contributed by atoms with Crippen LogP contribution < -0.4 is 0 Å². The van der Waals surface area contributed by atoms with E-state index in [9.17, 15) is 5.11 Å². The predicted octanol–water partition coefficient (Wildman–Crippen LogP) is 5.70. The van der Waals surface area contributed by atoms with Crippen LogP contribution in [0.3, 0.4) is 0 Å². The third-order valence-corrected chi connectivity index (χ3v) is 4.62. The van der Waals surface area contributed by atoms with E-state index < -0.39 is 0 Å². The minimum atomic E-state index is 0.166. The van der Waals surface area contributed by atoms with Gasteiger partial charge in [0.15, 0.2) is 0 Å². The Balaban J connectivity index is 1.96. The first kappa shape index (κ1) is 15.4. The van der Waals surface area contributed by atoms with Crippen molar-refractivity contribution >= 4 is 0 Å². The highest BCUT2D eigenvalue weighted by Gasteiger charge is 2.16. The normalized spacial score (nSPS) is 13.5. The number of aromatic hydroxyl groups is 1. The summed E-state index contributed by atoms with van der Waals surface area (Å²) in [4.78, 5) is 0. The van der Waals surface area contributed by atoms with Crippen molar-refractivity contribution in [2.75, 3.05) is 0 Å². The van der Waals surface area contributed by atoms with Crippen LogP contribution in [-0.4, -0.2) is 5.11 Å². The third-order valence-electron chi connectivity index (χ3n) is 4.62. The van der Waals surface area contributed by atoms with Gasteiger partial charge in [0.2, 0.25) is 0 Å². The molecular weight excluding hydrogens is 280 g/mol. The zero-order chi connectivity index (χ0) is 16.2. The lowest BCUT2D eigenvalue weighted by Crippen LogP contribution is -2.01. The van der Waals surface area contributed by atoms with Gasteiger partial charge in [0.05, 0.1) is 0 Å². The summed E-state index contributed by atoms with van der Waals surface area (Å²) in [6.45, 7) is 4.35. The number of hydrogen-bond acceptors (Lipinski definition) is 1. The molecule has 0 saturated carbocycles. The number of hydrogen-bond donors (Lipinski definition) is 1. The van der Waals surface area contributed by atoms with Crippen LogP contribution in [-0.2, 0) is 0 Å². The second kappa shape index (κ2) is 6.70. The van der Waals surface area contributed by atoms with Gasteiger partial charge in [-0.25, -0.2) is 0 Å². The molecule has 3 rings (SSSR count). The molecule has 0 aliphatic carbocycles. The van der Waals surface area contributed by atoms with Crippen molar-refractivity contribution in [3.05, 3.63) is 101 Å². The first-order valence-electron chi connectivity index (χ1n) is 8.09. The van der Waals surface area contributed by atoms with E-state index in [-0.39, 0.29) is 5.92 Å². The van der Waals surface area contributed by atoms with E-state index in [1.54, 1.807) is 0 Å². The molecule has 3 aromatic rings. The minimum Gasteiger partial charge on any atom is -0.508 e. The van der Waals surface area contributed by atoms with Crippen molar-refractivity contribution in [3.8, 4) is 5.75 Å². The molecule has 0 heterocycles. The molecule has 0 bridgehead atoms. The molecule has 2 atom stereocenters. The van der Waals surface area contributed by atoms with Crippen LogP contribution in [0.5, 0.6) is 5.75 Å². The van der Waals surface area contributed by atoms with Crippen molar-refractivity contribution in [1.29, 1.82) is 0 Å². The largest absolute Gasteiger partial charge is 0.508 e. The van der Waals surface area contributed by atoms with Crippen molar-refractivity contribution in [1.82, 2.24) is 0 Å². The van der Waals surface area contributed by atoms with E-state index in [0.29, 0.717) is 11.7 Å². The molecule has 0 aliphatic heterocycles. The van der Waals surface area contributed by atoms with Gasteiger partial charge in [0, 0.05) is 17.4 Å². The summed E-state index contributed by atoms with van der Waals surface area (Å²) in [7, 11) is 0. The molecule has 0 aromatic heterocycles. The van der Waals surface area contributed by atoms with E-state index in [4.69, 9.17) is 0 Å². The fourth-order valence-electron chi connectivity index (χ4n) is 3.04. The van der Waals surface area contributed by atoms with Crippen LogP contribution in [0, 0.1) is 0 Å². The third kappa shape index (κ3) is 3.29. The molecule has 0 unspecified atom stereocenters. The summed E-state index contributed by atoms with van der Waals surface area (Å²) in [5.41, 5.74) is 4.71. The highest BCUT2D eigenvalue weighted by atomic mass is 16.3. The number of rotatable bonds is 4. The molecule has 0 aliphatic rings. The van der Waals surface area contributed by atoms with E-state index in [2.05, 4.69) is 56.3 Å². The van der Waals surface area contributed by atoms with E-state index >= 15 is 0 Å². The van der Waals surface area contributed by atoms with Gasteiger partial charge in [0.25, 0.3) is 0 Å². The summed E-state index contributed by atoms with van der Waals surface area (Å²) in [5, 5.41) is 10.3. The quantitative estimate of drug-likeness (QED) is 0.656. The minimum absolute atomic E-state index is 0.166. The van der Waals surface area contributed by atoms with Gasteiger partial charge in [-0.3, -0.25) is 0 Å². The Morgan fingerprint density at radius 3 is 1.70 bits per heavy atom. The lowest BCUT2D eigenvalue weighted by Gasteiger charge is -2.18. The second-order valence-corrected chi connectivity index (χ2v) is 6.08. The Kier molecular flexibility index (Phi) is 4.47. The topological polar surface area (TPSA) is 20.2 Å². The lowest BCUT2D eigenvalue weighted by atomic mass is 9.87. The van der Waals surface area contributed by atoms with Crippen molar-refractivity contribution in [3.63, 3.8) is 0 Å². The molecule has 116 valence electrons. The first-order chi connectivity index (χ1) is 11.2. The molecular formula is C22H22O. The highest BCUT2D eigenvalue weighted by Crippen LogP contribution is 2.34. The summed E-state index contributed by atoms with van der Waals surface area (Å²) in [5.74, 6) is 0.836. The van der Waals surface area contributed by atoms with E-state index in [0.717, 1.165) is 5.56 Å². The fraction of sp³-hybridized carbons (Fsp3) is 0.182. The summed E-state index contributed by atoms with van der Waals surface area (Å²) in [6, 6.07) is 26.8. The Labute approximate surface area is 138 Å². The highest BCUT2D eigenvalue weighted by molar-refractivity contribution is 5.45. The molecule has 1 nitrogen and oxygen atoms in total. The molecule has 0 radical (unpaired) electrons. The van der Waals surface area contributed by atoms with E-state index in [1.165, 1.54) is 16.7 Å². The van der Waals surface area contributed by atoms with Gasteiger partial charge in [-0.05, 0) is 22.8 Å². The zero-order valence-corrected chi connectivity index (χ0v) is 13.6. The van der Waals surface area contributed by atoms with Crippen LogP contribution in [0.15, 0.2) is 78.9 Å². The number of benzene rings is 3. The maximum Gasteiger partial charge on any atom is 0.119 e. The van der Waals surface area contributed by atoms with E-state index in [1.807, 2.05) is 36.4 Å². The maximum absolute atomic E-state index is 10.3. The predicted molar refractivity (Wildman–Crippen MR) is 96.0 cm³/mol. The van der Waals surface area contributed by atoms with Crippen LogP contribution in [0.2, 0.25) is 0 Å². The summed E-state index contributed by atoms with van der Waals surface area (Å²) >= 11 is 0. The number of phenolic OH excluding ortho intramolecular Hbond substituents is 1. The van der Waals surface area contributed by atoms with Gasteiger partial charge < -0.3 is 5.11 Å². The summed E-state index contributed by atoms with van der Waals surface area (Å²) < 4.78 is 0. The van der Waals surface area contributed by atoms with Crippen LogP contribution in [0.25, 0.3) is 0 Å². The Morgan fingerprint density at radius 2 is 1.13 bits per heavy atom. The Hall–Kier alpha value is -2.54. The monoisotopic (exact) mass is 302 g/mol. The average molecular weight is 302 g/mol. The summed E-state index contributed by atoms with van der Waals surface area (Å²) in [6.07, 6.45) is 0. The average Bonchev–Trinajstić information content (AvgIpc) is 2.62. The Bertz CT molecular complexity index is 762. The van der Waals surface area contributed by atoms with Crippen LogP contribution in [0.4, 0.5) is 0 Å². The molecule has 1 N–H and O–H groups in total. The van der Waals surface area contributed by atoms with Crippen LogP contribution >= 0.6 is 0 Å². The van der Waals surface area contributed by atoms with Gasteiger partial charge in [-0.1, -0.05) is 86.6 Å². The molecule has 0 spiro atoms.